The summed E-state index contributed by atoms with van der Waals surface area (Å²) < 4.78 is 5.16. The largest absolute Gasteiger partial charge is 0.463 e. The van der Waals surface area contributed by atoms with Crippen LogP contribution < -0.4 is 0 Å². The van der Waals surface area contributed by atoms with Gasteiger partial charge in [-0.1, -0.05) is 44.0 Å². The number of aryl methyl sites for hydroxylation is 1. The Morgan fingerprint density at radius 3 is 2.33 bits per heavy atom. The minimum Gasteiger partial charge on any atom is -0.463 e. The number of benzene rings is 1. The summed E-state index contributed by atoms with van der Waals surface area (Å²) in [4.78, 5) is 19.9. The van der Waals surface area contributed by atoms with Crippen molar-refractivity contribution in [2.45, 2.75) is 59.0 Å². The molecule has 1 aromatic carbocycles. The van der Waals surface area contributed by atoms with Crippen molar-refractivity contribution in [2.75, 3.05) is 0 Å². The van der Waals surface area contributed by atoms with Gasteiger partial charge in [-0.15, -0.1) is 0 Å². The molecule has 0 aliphatic carbocycles. The summed E-state index contributed by atoms with van der Waals surface area (Å²) >= 11 is 0. The number of rotatable bonds is 8. The number of carbonyl (C=O) groups excluding carboxylic acids is 1. The first-order chi connectivity index (χ1) is 11.6. The van der Waals surface area contributed by atoms with Gasteiger partial charge in [-0.3, -0.25) is 4.79 Å². The zero-order valence-corrected chi connectivity index (χ0v) is 14.8. The van der Waals surface area contributed by atoms with Crippen molar-refractivity contribution in [3.63, 3.8) is 0 Å². The summed E-state index contributed by atoms with van der Waals surface area (Å²) in [6.07, 6.45) is 9.14. The fraction of sp³-hybridized carbons (Fsp3) is 0.450. The smallest absolute Gasteiger partial charge is 0.302 e. The molecular weight excluding hydrogens is 300 g/mol. The average molecular weight is 326 g/mol. The first kappa shape index (κ1) is 18.1. The van der Waals surface area contributed by atoms with Gasteiger partial charge in [0, 0.05) is 31.3 Å². The van der Waals surface area contributed by atoms with Crippen LogP contribution in [0.3, 0.4) is 0 Å². The second-order valence-electron chi connectivity index (χ2n) is 6.19. The lowest BCUT2D eigenvalue weighted by atomic mass is 10.1. The first-order valence-corrected chi connectivity index (χ1v) is 8.66. The topological polar surface area (TPSA) is 52.1 Å². The third-order valence-electron chi connectivity index (χ3n) is 3.88. The number of unbranched alkanes of at least 4 members (excludes halogenated alkanes) is 2. The van der Waals surface area contributed by atoms with Crippen LogP contribution >= 0.6 is 0 Å². The molecule has 24 heavy (non-hydrogen) atoms. The molecule has 1 aromatic heterocycles. The van der Waals surface area contributed by atoms with Crippen LogP contribution in [0.25, 0.3) is 11.4 Å². The van der Waals surface area contributed by atoms with E-state index in [2.05, 4.69) is 16.9 Å². The van der Waals surface area contributed by atoms with Gasteiger partial charge in [-0.25, -0.2) is 9.97 Å². The highest BCUT2D eigenvalue weighted by Crippen LogP contribution is 2.17. The summed E-state index contributed by atoms with van der Waals surface area (Å²) in [7, 11) is 0. The van der Waals surface area contributed by atoms with Crippen LogP contribution in [-0.2, 0) is 22.4 Å². The average Bonchev–Trinajstić information content (AvgIpc) is 2.56. The van der Waals surface area contributed by atoms with Gasteiger partial charge >= 0.3 is 5.97 Å². The Morgan fingerprint density at radius 2 is 1.75 bits per heavy atom. The lowest BCUT2D eigenvalue weighted by Crippen LogP contribution is -2.14. The van der Waals surface area contributed by atoms with E-state index < -0.39 is 0 Å². The number of nitrogens with zero attached hydrogens (tertiary/aromatic N) is 2. The number of ether oxygens (including phenoxy) is 1. The molecule has 0 saturated heterocycles. The fourth-order valence-electron chi connectivity index (χ4n) is 2.66. The quantitative estimate of drug-likeness (QED) is 0.534. The molecule has 0 saturated carbocycles. The Balaban J connectivity index is 1.96. The third-order valence-corrected chi connectivity index (χ3v) is 3.88. The van der Waals surface area contributed by atoms with Crippen molar-refractivity contribution in [2.24, 2.45) is 0 Å². The summed E-state index contributed by atoms with van der Waals surface area (Å²) in [6.45, 7) is 5.54. The third kappa shape index (κ3) is 5.76. The lowest BCUT2D eigenvalue weighted by molar-refractivity contribution is -0.145. The molecule has 0 radical (unpaired) electrons. The molecule has 2 aromatic rings. The number of hydrogen-bond acceptors (Lipinski definition) is 4. The summed E-state index contributed by atoms with van der Waals surface area (Å²) in [6, 6.07) is 8.10. The van der Waals surface area contributed by atoms with Crippen molar-refractivity contribution in [1.29, 1.82) is 0 Å². The molecule has 0 aliphatic heterocycles. The van der Waals surface area contributed by atoms with E-state index in [0.717, 1.165) is 23.4 Å². The fourth-order valence-corrected chi connectivity index (χ4v) is 2.66. The molecule has 1 atom stereocenters. The zero-order valence-electron chi connectivity index (χ0n) is 14.8. The number of carbonyl (C=O) groups is 1. The highest BCUT2D eigenvalue weighted by atomic mass is 16.5. The Hall–Kier alpha value is -2.23. The molecule has 0 fully saturated rings. The van der Waals surface area contributed by atoms with E-state index in [1.165, 1.54) is 31.7 Å². The molecular formula is C20H26N2O2. The van der Waals surface area contributed by atoms with E-state index in [9.17, 15) is 4.79 Å². The number of aromatic nitrogens is 2. The van der Waals surface area contributed by atoms with Crippen LogP contribution in [0.4, 0.5) is 0 Å². The zero-order chi connectivity index (χ0) is 17.4. The Bertz CT molecular complexity index is 636. The van der Waals surface area contributed by atoms with Crippen molar-refractivity contribution in [3.8, 4) is 11.4 Å². The Morgan fingerprint density at radius 1 is 1.08 bits per heavy atom. The van der Waals surface area contributed by atoms with Crippen LogP contribution in [0, 0.1) is 0 Å². The molecule has 0 amide bonds. The van der Waals surface area contributed by atoms with Gasteiger partial charge in [-0.05, 0) is 30.9 Å². The van der Waals surface area contributed by atoms with Crippen LogP contribution in [0.5, 0.6) is 0 Å². The maximum absolute atomic E-state index is 11.0. The molecule has 128 valence electrons. The molecule has 0 spiro atoms. The summed E-state index contributed by atoms with van der Waals surface area (Å²) in [5.74, 6) is 0.500. The molecule has 1 heterocycles. The van der Waals surface area contributed by atoms with E-state index in [4.69, 9.17) is 4.74 Å². The lowest BCUT2D eigenvalue weighted by Gasteiger charge is -2.12. The van der Waals surface area contributed by atoms with E-state index in [1.54, 1.807) is 0 Å². The number of esters is 1. The minimum absolute atomic E-state index is 0.119. The van der Waals surface area contributed by atoms with Crippen LogP contribution in [0.1, 0.15) is 51.2 Å². The summed E-state index contributed by atoms with van der Waals surface area (Å²) in [5.41, 5.74) is 3.32. The van der Waals surface area contributed by atoms with Gasteiger partial charge in [0.05, 0.1) is 0 Å². The Labute approximate surface area is 144 Å². The molecule has 0 N–H and O–H groups in total. The van der Waals surface area contributed by atoms with Gasteiger partial charge in [0.2, 0.25) is 0 Å². The highest BCUT2D eigenvalue weighted by Gasteiger charge is 2.07. The standard InChI is InChI=1S/C20H26N2O2/c1-4-5-6-7-18-13-21-20(22-14-18)19-10-8-17(9-11-19)12-15(2)24-16(3)23/h8-11,13-15H,4-7,12H2,1-3H3. The van der Waals surface area contributed by atoms with Gasteiger partial charge in [0.1, 0.15) is 6.10 Å². The second-order valence-corrected chi connectivity index (χ2v) is 6.19. The van der Waals surface area contributed by atoms with Crippen LogP contribution in [-0.4, -0.2) is 22.0 Å². The SMILES string of the molecule is CCCCCc1cnc(-c2ccc(CC(C)OC(C)=O)cc2)nc1. The van der Waals surface area contributed by atoms with E-state index in [0.29, 0.717) is 6.42 Å². The van der Waals surface area contributed by atoms with Crippen LogP contribution in [0.2, 0.25) is 0 Å². The van der Waals surface area contributed by atoms with Crippen molar-refractivity contribution < 1.29 is 9.53 Å². The predicted octanol–water partition coefficient (Wildman–Crippen LogP) is 4.37. The molecule has 1 unspecified atom stereocenters. The van der Waals surface area contributed by atoms with Crippen molar-refractivity contribution in [1.82, 2.24) is 9.97 Å². The normalized spacial score (nSPS) is 12.0. The Kier molecular flexibility index (Phi) is 6.91. The van der Waals surface area contributed by atoms with Gasteiger partial charge < -0.3 is 4.74 Å². The maximum Gasteiger partial charge on any atom is 0.302 e. The second kappa shape index (κ2) is 9.16. The van der Waals surface area contributed by atoms with Gasteiger partial charge in [0.15, 0.2) is 5.82 Å². The molecule has 4 nitrogen and oxygen atoms in total. The number of hydrogen-bond donors (Lipinski definition) is 0. The van der Waals surface area contributed by atoms with E-state index >= 15 is 0 Å². The van der Waals surface area contributed by atoms with Crippen LogP contribution in [0.15, 0.2) is 36.7 Å². The van der Waals surface area contributed by atoms with Crippen molar-refractivity contribution in [3.05, 3.63) is 47.8 Å². The molecule has 0 bridgehead atoms. The predicted molar refractivity (Wildman–Crippen MR) is 95.6 cm³/mol. The van der Waals surface area contributed by atoms with Gasteiger partial charge in [0.25, 0.3) is 0 Å². The molecule has 2 rings (SSSR count). The van der Waals surface area contributed by atoms with Crippen molar-refractivity contribution >= 4 is 5.97 Å². The molecule has 4 heteroatoms. The van der Waals surface area contributed by atoms with E-state index in [1.807, 2.05) is 43.6 Å². The maximum atomic E-state index is 11.0. The first-order valence-electron chi connectivity index (χ1n) is 8.66. The van der Waals surface area contributed by atoms with Gasteiger partial charge in [-0.2, -0.15) is 0 Å². The van der Waals surface area contributed by atoms with E-state index in [-0.39, 0.29) is 12.1 Å². The summed E-state index contributed by atoms with van der Waals surface area (Å²) in [5, 5.41) is 0. The minimum atomic E-state index is -0.244. The molecule has 0 aliphatic rings. The highest BCUT2D eigenvalue weighted by molar-refractivity contribution is 5.66. The monoisotopic (exact) mass is 326 g/mol.